The van der Waals surface area contributed by atoms with Gasteiger partial charge in [-0.15, -0.1) is 0 Å². The highest BCUT2D eigenvalue weighted by atomic mass is 16.6. The van der Waals surface area contributed by atoms with Crippen molar-refractivity contribution in [3.63, 3.8) is 0 Å². The Morgan fingerprint density at radius 2 is 1.95 bits per heavy atom. The molecule has 0 spiro atoms. The number of benzene rings is 1. The van der Waals surface area contributed by atoms with Crippen molar-refractivity contribution in [1.82, 2.24) is 30.3 Å². The molecule has 2 saturated heterocycles. The van der Waals surface area contributed by atoms with Crippen LogP contribution in [0.3, 0.4) is 0 Å². The summed E-state index contributed by atoms with van der Waals surface area (Å²) in [6.07, 6.45) is 16.5. The van der Waals surface area contributed by atoms with Gasteiger partial charge in [-0.3, -0.25) is 9.58 Å². The molecule has 40 heavy (non-hydrogen) atoms. The number of likely N-dealkylation sites (tertiary alicyclic amines) is 1. The molecule has 2 fully saturated rings. The van der Waals surface area contributed by atoms with Crippen LogP contribution in [0.15, 0.2) is 72.5 Å². The maximum absolute atomic E-state index is 6.20. The van der Waals surface area contributed by atoms with E-state index >= 15 is 0 Å². The summed E-state index contributed by atoms with van der Waals surface area (Å²) in [5.74, 6) is 1.10. The summed E-state index contributed by atoms with van der Waals surface area (Å²) in [7, 11) is 0. The zero-order valence-electron chi connectivity index (χ0n) is 22.9. The Labute approximate surface area is 235 Å². The normalized spacial score (nSPS) is 22.1. The van der Waals surface area contributed by atoms with E-state index in [4.69, 9.17) is 9.47 Å². The molecule has 0 saturated carbocycles. The Morgan fingerprint density at radius 3 is 2.85 bits per heavy atom. The average molecular weight is 539 g/mol. The first-order chi connectivity index (χ1) is 19.8. The van der Waals surface area contributed by atoms with Gasteiger partial charge in [-0.2, -0.15) is 5.10 Å². The Hall–Kier alpha value is -3.75. The van der Waals surface area contributed by atoms with Crippen molar-refractivity contribution in [3.8, 4) is 0 Å². The molecule has 3 aromatic rings. The van der Waals surface area contributed by atoms with Gasteiger partial charge in [-0.25, -0.2) is 0 Å². The first-order valence-corrected chi connectivity index (χ1v) is 14.7. The van der Waals surface area contributed by atoms with Gasteiger partial charge in [0, 0.05) is 54.4 Å². The van der Waals surface area contributed by atoms with Crippen LogP contribution in [0, 0.1) is 0 Å². The third-order valence-corrected chi connectivity index (χ3v) is 8.21. The van der Waals surface area contributed by atoms with E-state index in [0.29, 0.717) is 6.54 Å². The smallest absolute Gasteiger partial charge is 0.159 e. The Kier molecular flexibility index (Phi) is 7.19. The van der Waals surface area contributed by atoms with Crippen LogP contribution in [0.5, 0.6) is 0 Å². The fourth-order valence-electron chi connectivity index (χ4n) is 5.93. The number of nitrogens with one attached hydrogen (secondary N) is 3. The summed E-state index contributed by atoms with van der Waals surface area (Å²) in [4.78, 5) is 6.21. The zero-order valence-corrected chi connectivity index (χ0v) is 22.9. The van der Waals surface area contributed by atoms with Crippen LogP contribution in [0.25, 0.3) is 11.6 Å². The van der Waals surface area contributed by atoms with Crippen LogP contribution in [0.4, 0.5) is 0 Å². The first-order valence-electron chi connectivity index (χ1n) is 14.7. The molecule has 7 rings (SSSR count). The molecule has 4 aliphatic rings. The third-order valence-electron chi connectivity index (χ3n) is 8.21. The van der Waals surface area contributed by atoms with E-state index in [0.717, 1.165) is 55.3 Å². The largest absolute Gasteiger partial charge is 0.497 e. The predicted octanol–water partition coefficient (Wildman–Crippen LogP) is 4.39. The maximum Gasteiger partial charge on any atom is 0.159 e. The summed E-state index contributed by atoms with van der Waals surface area (Å²) in [6.45, 7) is 5.70. The molecule has 2 aromatic heterocycles. The fourth-order valence-corrected chi connectivity index (χ4v) is 5.93. The molecule has 5 heterocycles. The second-order valence-corrected chi connectivity index (χ2v) is 11.2. The van der Waals surface area contributed by atoms with Gasteiger partial charge >= 0.3 is 0 Å². The Morgan fingerprint density at radius 1 is 1.05 bits per heavy atom. The van der Waals surface area contributed by atoms with Crippen molar-refractivity contribution < 1.29 is 9.47 Å². The average Bonchev–Trinajstić information content (AvgIpc) is 3.47. The van der Waals surface area contributed by atoms with Crippen molar-refractivity contribution in [1.29, 1.82) is 0 Å². The summed E-state index contributed by atoms with van der Waals surface area (Å²) >= 11 is 0. The van der Waals surface area contributed by atoms with Gasteiger partial charge in [-0.1, -0.05) is 36.8 Å². The number of fused-ring (bicyclic) bond motifs is 2. The zero-order chi connectivity index (χ0) is 26.7. The number of nitrogens with zero attached hydrogens (tertiary/aromatic N) is 3. The minimum absolute atomic E-state index is 0.0173. The standard InChI is InChI=1S/C32H38N6O2/c1-3-7-23(8-4-1)21-38-22-24(19-35-38)18-33-26-17-28(31-32(40-31)34-20-26)30-16-25-15-27(9-10-29(25)36-30)39-14-13-37-11-5-2-6-12-37/h1,3-4,7-8,15-17,19-20,22,31-34,36H,2,5-6,9-14,18,21H2. The van der Waals surface area contributed by atoms with Gasteiger partial charge in [0.05, 0.1) is 24.2 Å². The molecule has 0 amide bonds. The molecule has 2 atom stereocenters. The summed E-state index contributed by atoms with van der Waals surface area (Å²) in [6, 6.07) is 12.7. The molecule has 8 heteroatoms. The number of hydrogen-bond acceptors (Lipinski definition) is 6. The lowest BCUT2D eigenvalue weighted by atomic mass is 10.0. The van der Waals surface area contributed by atoms with E-state index in [2.05, 4.69) is 74.3 Å². The highest BCUT2D eigenvalue weighted by Crippen LogP contribution is 2.38. The number of aromatic amines is 1. The first kappa shape index (κ1) is 25.2. The molecule has 3 N–H and O–H groups in total. The lowest BCUT2D eigenvalue weighted by Crippen LogP contribution is -2.32. The number of ether oxygens (including phenoxy) is 2. The molecular formula is C32H38N6O2. The second-order valence-electron chi connectivity index (χ2n) is 11.2. The third kappa shape index (κ3) is 5.88. The monoisotopic (exact) mass is 538 g/mol. The number of epoxide rings is 1. The minimum Gasteiger partial charge on any atom is -0.497 e. The molecule has 0 bridgehead atoms. The SMILES string of the molecule is C1=C(NCc2cnn(Cc3ccccc3)c2)C=C(c2cc3c([nH]2)CCC(OCCN2CCCCC2)=C3)C2OC2N1. The highest BCUT2D eigenvalue weighted by Gasteiger charge is 2.43. The Balaban J connectivity index is 0.988. The number of aromatic nitrogens is 3. The number of allylic oxidation sites excluding steroid dienone is 2. The topological polar surface area (TPSA) is 82.7 Å². The molecular weight excluding hydrogens is 500 g/mol. The molecule has 0 radical (unpaired) electrons. The molecule has 3 aliphatic heterocycles. The van der Waals surface area contributed by atoms with E-state index in [1.807, 2.05) is 23.1 Å². The van der Waals surface area contributed by atoms with Crippen LogP contribution in [0.2, 0.25) is 0 Å². The van der Waals surface area contributed by atoms with Crippen molar-refractivity contribution in [2.24, 2.45) is 0 Å². The molecule has 1 aromatic carbocycles. The number of rotatable bonds is 10. The van der Waals surface area contributed by atoms with Gasteiger partial charge < -0.3 is 25.1 Å². The number of hydrogen-bond donors (Lipinski definition) is 3. The van der Waals surface area contributed by atoms with Crippen molar-refractivity contribution in [3.05, 3.63) is 101 Å². The lowest BCUT2D eigenvalue weighted by Gasteiger charge is -2.26. The fraction of sp³-hybridized carbons (Fsp3) is 0.406. The lowest BCUT2D eigenvalue weighted by molar-refractivity contribution is 0.139. The summed E-state index contributed by atoms with van der Waals surface area (Å²) in [5, 5.41) is 11.5. The predicted molar refractivity (Wildman–Crippen MR) is 156 cm³/mol. The summed E-state index contributed by atoms with van der Waals surface area (Å²) < 4.78 is 14.1. The number of aryl methyl sites for hydroxylation is 1. The van der Waals surface area contributed by atoms with Gasteiger partial charge in [0.1, 0.15) is 12.7 Å². The minimum atomic E-state index is 0.0173. The van der Waals surface area contributed by atoms with Gasteiger partial charge in [0.25, 0.3) is 0 Å². The van der Waals surface area contributed by atoms with E-state index in [1.165, 1.54) is 54.7 Å². The second kappa shape index (κ2) is 11.4. The Bertz CT molecular complexity index is 1410. The van der Waals surface area contributed by atoms with Crippen LogP contribution in [-0.2, 0) is 29.0 Å². The highest BCUT2D eigenvalue weighted by molar-refractivity contribution is 5.75. The van der Waals surface area contributed by atoms with Crippen molar-refractivity contribution in [2.75, 3.05) is 26.2 Å². The molecule has 208 valence electrons. The summed E-state index contributed by atoms with van der Waals surface area (Å²) in [5.41, 5.74) is 8.22. The molecule has 8 nitrogen and oxygen atoms in total. The molecule has 1 aliphatic carbocycles. The number of piperidine rings is 1. The van der Waals surface area contributed by atoms with Gasteiger partial charge in [0.15, 0.2) is 6.23 Å². The van der Waals surface area contributed by atoms with Crippen LogP contribution < -0.4 is 10.6 Å². The van der Waals surface area contributed by atoms with Crippen molar-refractivity contribution >= 4 is 11.6 Å². The van der Waals surface area contributed by atoms with Gasteiger partial charge in [0.2, 0.25) is 0 Å². The van der Waals surface area contributed by atoms with Gasteiger partial charge in [-0.05, 0) is 61.7 Å². The van der Waals surface area contributed by atoms with Crippen LogP contribution in [-0.4, -0.2) is 58.2 Å². The quantitative estimate of drug-likeness (QED) is 0.332. The van der Waals surface area contributed by atoms with E-state index in [9.17, 15) is 0 Å². The van der Waals surface area contributed by atoms with E-state index in [-0.39, 0.29) is 12.3 Å². The van der Waals surface area contributed by atoms with E-state index < -0.39 is 0 Å². The van der Waals surface area contributed by atoms with Crippen molar-refractivity contribution in [2.45, 2.75) is 57.5 Å². The van der Waals surface area contributed by atoms with Crippen LogP contribution in [0.1, 0.15) is 53.8 Å². The van der Waals surface area contributed by atoms with Crippen LogP contribution >= 0.6 is 0 Å². The maximum atomic E-state index is 6.20. The number of H-pyrrole nitrogens is 1. The molecule has 2 unspecified atom stereocenters. The van der Waals surface area contributed by atoms with E-state index in [1.54, 1.807) is 0 Å².